The number of ether oxygens (including phenoxy) is 1. The molecule has 2 aromatic rings. The fourth-order valence-corrected chi connectivity index (χ4v) is 2.16. The van der Waals surface area contributed by atoms with E-state index in [4.69, 9.17) is 10.00 Å². The summed E-state index contributed by atoms with van der Waals surface area (Å²) in [6, 6.07) is 10.8. The maximum Gasteiger partial charge on any atom is 0.343 e. The average Bonchev–Trinajstić information content (AvgIpc) is 2.60. The number of aliphatic hydroxyl groups is 3. The zero-order valence-electron chi connectivity index (χ0n) is 12.2. The van der Waals surface area contributed by atoms with Crippen LogP contribution < -0.4 is 4.74 Å². The second-order valence-corrected chi connectivity index (χ2v) is 4.77. The van der Waals surface area contributed by atoms with Gasteiger partial charge in [0.1, 0.15) is 5.75 Å². The lowest BCUT2D eigenvalue weighted by Gasteiger charge is -2.13. The summed E-state index contributed by atoms with van der Waals surface area (Å²) in [6.07, 6.45) is 0. The van der Waals surface area contributed by atoms with Gasteiger partial charge in [-0.25, -0.2) is 4.79 Å². The second kappa shape index (κ2) is 7.51. The lowest BCUT2D eigenvalue weighted by molar-refractivity contribution is 0.0734. The van der Waals surface area contributed by atoms with Gasteiger partial charge in [0.05, 0.1) is 37.0 Å². The molecule has 0 fully saturated rings. The maximum atomic E-state index is 12.2. The van der Waals surface area contributed by atoms with Crippen LogP contribution >= 0.6 is 0 Å². The van der Waals surface area contributed by atoms with Crippen molar-refractivity contribution in [3.63, 3.8) is 0 Å². The Bertz CT molecular complexity index is 722. The molecule has 2 aromatic carbocycles. The Morgan fingerprint density at radius 1 is 1.00 bits per heavy atom. The third-order valence-electron chi connectivity index (χ3n) is 3.36. The van der Waals surface area contributed by atoms with Gasteiger partial charge in [-0.2, -0.15) is 5.26 Å². The molecule has 0 heterocycles. The van der Waals surface area contributed by atoms with Crippen molar-refractivity contribution in [2.75, 3.05) is 0 Å². The van der Waals surface area contributed by atoms with Gasteiger partial charge in [-0.05, 0) is 53.1 Å². The molecule has 0 saturated carbocycles. The molecule has 0 aliphatic rings. The lowest BCUT2D eigenvalue weighted by Crippen LogP contribution is -2.12. The fourth-order valence-electron chi connectivity index (χ4n) is 2.16. The first-order valence-corrected chi connectivity index (χ1v) is 6.82. The van der Waals surface area contributed by atoms with Crippen molar-refractivity contribution >= 4 is 5.97 Å². The van der Waals surface area contributed by atoms with E-state index in [-0.39, 0.29) is 31.1 Å². The molecule has 0 unspecified atom stereocenters. The number of benzene rings is 2. The molecular weight excluding hydrogens is 298 g/mol. The van der Waals surface area contributed by atoms with Crippen molar-refractivity contribution in [2.45, 2.75) is 19.8 Å². The van der Waals surface area contributed by atoms with E-state index in [1.54, 1.807) is 0 Å². The van der Waals surface area contributed by atoms with Crippen LogP contribution in [0.1, 0.15) is 32.6 Å². The Labute approximate surface area is 132 Å². The van der Waals surface area contributed by atoms with Gasteiger partial charge in [0, 0.05) is 0 Å². The highest BCUT2D eigenvalue weighted by Gasteiger charge is 2.15. The molecule has 3 N–H and O–H groups in total. The van der Waals surface area contributed by atoms with Gasteiger partial charge < -0.3 is 20.1 Å². The molecule has 0 aliphatic heterocycles. The molecule has 0 amide bonds. The molecule has 2 rings (SSSR count). The topological polar surface area (TPSA) is 111 Å². The van der Waals surface area contributed by atoms with E-state index in [0.717, 1.165) is 0 Å². The van der Waals surface area contributed by atoms with Crippen LogP contribution in [0.15, 0.2) is 36.4 Å². The van der Waals surface area contributed by atoms with E-state index in [1.165, 1.54) is 36.4 Å². The smallest absolute Gasteiger partial charge is 0.343 e. The SMILES string of the molecule is N#Cc1ccc(OC(=O)c2cc(CO)c(CO)c(CO)c2)cc1. The summed E-state index contributed by atoms with van der Waals surface area (Å²) >= 11 is 0. The summed E-state index contributed by atoms with van der Waals surface area (Å²) in [5.74, 6) is -0.389. The Morgan fingerprint density at radius 2 is 1.57 bits per heavy atom. The van der Waals surface area contributed by atoms with E-state index in [0.29, 0.717) is 22.3 Å². The van der Waals surface area contributed by atoms with Crippen molar-refractivity contribution in [1.29, 1.82) is 5.26 Å². The summed E-state index contributed by atoms with van der Waals surface area (Å²) in [7, 11) is 0. The molecule has 0 spiro atoms. The fraction of sp³-hybridized carbons (Fsp3) is 0.176. The predicted octanol–water partition coefficient (Wildman–Crippen LogP) is 1.25. The van der Waals surface area contributed by atoms with E-state index in [2.05, 4.69) is 0 Å². The third-order valence-corrected chi connectivity index (χ3v) is 3.36. The van der Waals surface area contributed by atoms with E-state index in [1.807, 2.05) is 6.07 Å². The Hall–Kier alpha value is -2.72. The normalized spacial score (nSPS) is 10.2. The summed E-state index contributed by atoms with van der Waals surface area (Å²) in [4.78, 5) is 12.2. The molecule has 23 heavy (non-hydrogen) atoms. The van der Waals surface area contributed by atoms with Crippen LogP contribution in [0.3, 0.4) is 0 Å². The second-order valence-electron chi connectivity index (χ2n) is 4.77. The summed E-state index contributed by atoms with van der Waals surface area (Å²) in [5, 5.41) is 36.7. The zero-order chi connectivity index (χ0) is 16.8. The largest absolute Gasteiger partial charge is 0.423 e. The monoisotopic (exact) mass is 313 g/mol. The standard InChI is InChI=1S/C17H15NO5/c18-7-11-1-3-15(4-2-11)23-17(22)12-5-13(8-19)16(10-21)14(6-12)9-20/h1-6,19-21H,8-10H2. The van der Waals surface area contributed by atoms with Crippen LogP contribution in [0.5, 0.6) is 5.75 Å². The molecule has 0 aliphatic carbocycles. The molecule has 6 heteroatoms. The van der Waals surface area contributed by atoms with Crippen LogP contribution in [0.4, 0.5) is 0 Å². The Balaban J connectivity index is 2.29. The molecule has 6 nitrogen and oxygen atoms in total. The summed E-state index contributed by atoms with van der Waals surface area (Å²) < 4.78 is 5.20. The minimum Gasteiger partial charge on any atom is -0.423 e. The van der Waals surface area contributed by atoms with Gasteiger partial charge in [0.25, 0.3) is 0 Å². The highest BCUT2D eigenvalue weighted by Crippen LogP contribution is 2.21. The van der Waals surface area contributed by atoms with Crippen molar-refractivity contribution in [1.82, 2.24) is 0 Å². The van der Waals surface area contributed by atoms with Crippen molar-refractivity contribution < 1.29 is 24.9 Å². The van der Waals surface area contributed by atoms with Gasteiger partial charge in [-0.15, -0.1) is 0 Å². The molecule has 118 valence electrons. The third kappa shape index (κ3) is 3.73. The summed E-state index contributed by atoms with van der Waals surface area (Å²) in [6.45, 7) is -1.10. The highest BCUT2D eigenvalue weighted by atomic mass is 16.5. The first-order chi connectivity index (χ1) is 11.1. The van der Waals surface area contributed by atoms with Crippen molar-refractivity contribution in [3.05, 3.63) is 64.2 Å². The van der Waals surface area contributed by atoms with Crippen molar-refractivity contribution in [2.24, 2.45) is 0 Å². The molecular formula is C17H15NO5. The minimum absolute atomic E-state index is 0.152. The number of nitrogens with zero attached hydrogens (tertiary/aromatic N) is 1. The Kier molecular flexibility index (Phi) is 5.44. The van der Waals surface area contributed by atoms with E-state index in [9.17, 15) is 20.1 Å². The number of aliphatic hydroxyl groups excluding tert-OH is 3. The quantitative estimate of drug-likeness (QED) is 0.566. The minimum atomic E-state index is -0.663. The molecule has 0 radical (unpaired) electrons. The Morgan fingerprint density at radius 3 is 2.00 bits per heavy atom. The first kappa shape index (κ1) is 16.6. The first-order valence-electron chi connectivity index (χ1n) is 6.82. The molecule has 0 atom stereocenters. The number of esters is 1. The summed E-state index contributed by atoms with van der Waals surface area (Å²) in [5.41, 5.74) is 1.70. The maximum absolute atomic E-state index is 12.2. The van der Waals surface area contributed by atoms with Crippen LogP contribution in [0, 0.1) is 11.3 Å². The van der Waals surface area contributed by atoms with Gasteiger partial charge >= 0.3 is 5.97 Å². The van der Waals surface area contributed by atoms with Crippen LogP contribution in [-0.4, -0.2) is 21.3 Å². The number of hydrogen-bond donors (Lipinski definition) is 3. The predicted molar refractivity (Wildman–Crippen MR) is 80.3 cm³/mol. The number of nitriles is 1. The van der Waals surface area contributed by atoms with Crippen LogP contribution in [-0.2, 0) is 19.8 Å². The number of hydrogen-bond acceptors (Lipinski definition) is 6. The van der Waals surface area contributed by atoms with Gasteiger partial charge in [-0.3, -0.25) is 0 Å². The number of rotatable bonds is 5. The lowest BCUT2D eigenvalue weighted by atomic mass is 9.98. The van der Waals surface area contributed by atoms with Gasteiger partial charge in [0.15, 0.2) is 0 Å². The number of carbonyl (C=O) groups is 1. The average molecular weight is 313 g/mol. The molecule has 0 saturated heterocycles. The number of carbonyl (C=O) groups excluding carboxylic acids is 1. The van der Waals surface area contributed by atoms with Gasteiger partial charge in [0.2, 0.25) is 0 Å². The van der Waals surface area contributed by atoms with Gasteiger partial charge in [-0.1, -0.05) is 0 Å². The van der Waals surface area contributed by atoms with Crippen LogP contribution in [0.25, 0.3) is 0 Å². The highest BCUT2D eigenvalue weighted by molar-refractivity contribution is 5.91. The molecule has 0 aromatic heterocycles. The molecule has 0 bridgehead atoms. The van der Waals surface area contributed by atoms with E-state index >= 15 is 0 Å². The van der Waals surface area contributed by atoms with Crippen LogP contribution in [0.2, 0.25) is 0 Å². The zero-order valence-corrected chi connectivity index (χ0v) is 12.2. The van der Waals surface area contributed by atoms with Crippen molar-refractivity contribution in [3.8, 4) is 11.8 Å². The van der Waals surface area contributed by atoms with E-state index < -0.39 is 5.97 Å².